The molecule has 0 aromatic carbocycles. The van der Waals surface area contributed by atoms with E-state index in [1.807, 2.05) is 44.5 Å². The van der Waals surface area contributed by atoms with Crippen LogP contribution in [0.15, 0.2) is 31.0 Å². The third-order valence-corrected chi connectivity index (χ3v) is 4.44. The molecule has 0 aliphatic carbocycles. The van der Waals surface area contributed by atoms with Gasteiger partial charge in [-0.3, -0.25) is 0 Å². The van der Waals surface area contributed by atoms with Crippen LogP contribution >= 0.6 is 11.6 Å². The second kappa shape index (κ2) is 4.83. The smallest absolute Gasteiger partial charge is 0.399 e. The maximum absolute atomic E-state index is 6.17. The molecule has 1 aliphatic heterocycles. The van der Waals surface area contributed by atoms with Crippen LogP contribution in [0.5, 0.6) is 0 Å². The highest BCUT2D eigenvalue weighted by atomic mass is 35.5. The fraction of sp³-hybridized carbons (Fsp3) is 0.429. The minimum absolute atomic E-state index is 0.382. The van der Waals surface area contributed by atoms with Crippen molar-refractivity contribution in [1.29, 1.82) is 0 Å². The van der Waals surface area contributed by atoms with Gasteiger partial charge in [0.1, 0.15) is 0 Å². The lowest BCUT2D eigenvalue weighted by atomic mass is 9.80. The average molecular weight is 306 g/mol. The maximum atomic E-state index is 6.17. The van der Waals surface area contributed by atoms with Crippen molar-refractivity contribution in [3.8, 4) is 5.69 Å². The SMILES string of the molecule is CC1(C)OB(c2cnc(Cl)c(-n3ccnc3)c2)OC1(C)C. The lowest BCUT2D eigenvalue weighted by molar-refractivity contribution is 0.00578. The predicted molar refractivity (Wildman–Crippen MR) is 82.1 cm³/mol. The molecule has 3 heterocycles. The first-order chi connectivity index (χ1) is 9.80. The van der Waals surface area contributed by atoms with Gasteiger partial charge < -0.3 is 13.9 Å². The molecule has 0 atom stereocenters. The highest BCUT2D eigenvalue weighted by Crippen LogP contribution is 2.36. The van der Waals surface area contributed by atoms with Gasteiger partial charge >= 0.3 is 7.12 Å². The molecule has 3 rings (SSSR count). The quantitative estimate of drug-likeness (QED) is 0.630. The van der Waals surface area contributed by atoms with E-state index in [9.17, 15) is 0 Å². The predicted octanol–water partition coefficient (Wildman–Crippen LogP) is 2.22. The van der Waals surface area contributed by atoms with E-state index in [0.717, 1.165) is 11.2 Å². The fourth-order valence-electron chi connectivity index (χ4n) is 2.14. The van der Waals surface area contributed by atoms with Crippen LogP contribution in [-0.2, 0) is 9.31 Å². The van der Waals surface area contributed by atoms with E-state index in [0.29, 0.717) is 5.15 Å². The Morgan fingerprint density at radius 3 is 2.43 bits per heavy atom. The minimum Gasteiger partial charge on any atom is -0.399 e. The van der Waals surface area contributed by atoms with Gasteiger partial charge in [-0.15, -0.1) is 0 Å². The van der Waals surface area contributed by atoms with Crippen LogP contribution in [-0.4, -0.2) is 32.9 Å². The second-order valence-corrected chi connectivity index (χ2v) is 6.49. The molecule has 2 aromatic heterocycles. The van der Waals surface area contributed by atoms with Crippen molar-refractivity contribution < 1.29 is 9.31 Å². The molecule has 0 radical (unpaired) electrons. The van der Waals surface area contributed by atoms with Crippen LogP contribution in [0.25, 0.3) is 5.69 Å². The Morgan fingerprint density at radius 1 is 1.19 bits per heavy atom. The Hall–Kier alpha value is -1.37. The van der Waals surface area contributed by atoms with Gasteiger partial charge in [-0.25, -0.2) is 9.97 Å². The van der Waals surface area contributed by atoms with Crippen LogP contribution in [0.2, 0.25) is 5.15 Å². The Balaban J connectivity index is 1.97. The monoisotopic (exact) mass is 305 g/mol. The summed E-state index contributed by atoms with van der Waals surface area (Å²) >= 11 is 6.17. The summed E-state index contributed by atoms with van der Waals surface area (Å²) in [6.45, 7) is 8.08. The van der Waals surface area contributed by atoms with Gasteiger partial charge in [-0.1, -0.05) is 11.6 Å². The summed E-state index contributed by atoms with van der Waals surface area (Å²) in [5.41, 5.74) is 0.821. The summed E-state index contributed by atoms with van der Waals surface area (Å²) in [5.74, 6) is 0. The summed E-state index contributed by atoms with van der Waals surface area (Å²) in [6.07, 6.45) is 6.87. The number of hydrogen-bond donors (Lipinski definition) is 0. The van der Waals surface area contributed by atoms with Gasteiger partial charge in [0.15, 0.2) is 5.15 Å². The van der Waals surface area contributed by atoms with Crippen molar-refractivity contribution in [2.75, 3.05) is 0 Å². The molecule has 1 fully saturated rings. The van der Waals surface area contributed by atoms with Gasteiger partial charge in [-0.2, -0.15) is 0 Å². The number of hydrogen-bond acceptors (Lipinski definition) is 4. The molecular weight excluding hydrogens is 288 g/mol. The van der Waals surface area contributed by atoms with E-state index in [1.165, 1.54) is 0 Å². The summed E-state index contributed by atoms with van der Waals surface area (Å²) in [6, 6.07) is 1.92. The summed E-state index contributed by atoms with van der Waals surface area (Å²) in [4.78, 5) is 8.26. The molecule has 0 unspecified atom stereocenters. The minimum atomic E-state index is -0.456. The molecule has 0 N–H and O–H groups in total. The van der Waals surface area contributed by atoms with Crippen LogP contribution < -0.4 is 5.46 Å². The number of imidazole rings is 1. The van der Waals surface area contributed by atoms with Gasteiger partial charge in [0.05, 0.1) is 23.2 Å². The van der Waals surface area contributed by atoms with E-state index in [2.05, 4.69) is 9.97 Å². The van der Waals surface area contributed by atoms with Crippen LogP contribution in [0.1, 0.15) is 27.7 Å². The van der Waals surface area contributed by atoms with Gasteiger partial charge in [-0.05, 0) is 33.8 Å². The maximum Gasteiger partial charge on any atom is 0.496 e. The van der Waals surface area contributed by atoms with Gasteiger partial charge in [0.2, 0.25) is 0 Å². The standard InChI is InChI=1S/C14H17BClN3O2/c1-13(2)14(3,4)21-15(20-13)10-7-11(12(16)18-8-10)19-6-5-17-9-19/h5-9H,1-4H3. The molecule has 0 amide bonds. The van der Waals surface area contributed by atoms with Crippen LogP contribution in [0.4, 0.5) is 0 Å². The molecule has 1 saturated heterocycles. The Kier molecular flexibility index (Phi) is 3.35. The first-order valence-corrected chi connectivity index (χ1v) is 7.17. The number of aromatic nitrogens is 3. The first-order valence-electron chi connectivity index (χ1n) is 6.79. The van der Waals surface area contributed by atoms with Crippen molar-refractivity contribution in [2.24, 2.45) is 0 Å². The Morgan fingerprint density at radius 2 is 1.86 bits per heavy atom. The van der Waals surface area contributed by atoms with Crippen LogP contribution in [0.3, 0.4) is 0 Å². The first kappa shape index (κ1) is 14.6. The van der Waals surface area contributed by atoms with Crippen molar-refractivity contribution in [3.63, 3.8) is 0 Å². The van der Waals surface area contributed by atoms with Crippen molar-refractivity contribution >= 4 is 24.2 Å². The van der Waals surface area contributed by atoms with E-state index in [4.69, 9.17) is 20.9 Å². The lowest BCUT2D eigenvalue weighted by Gasteiger charge is -2.32. The third-order valence-electron chi connectivity index (χ3n) is 4.15. The van der Waals surface area contributed by atoms with E-state index < -0.39 is 7.12 Å². The zero-order chi connectivity index (χ0) is 15.3. The fourth-order valence-corrected chi connectivity index (χ4v) is 2.34. The van der Waals surface area contributed by atoms with E-state index >= 15 is 0 Å². The van der Waals surface area contributed by atoms with Crippen LogP contribution in [0, 0.1) is 0 Å². The average Bonchev–Trinajstić information content (AvgIpc) is 2.97. The summed E-state index contributed by atoms with van der Waals surface area (Å²) in [5, 5.41) is 0.410. The second-order valence-electron chi connectivity index (χ2n) is 6.14. The number of rotatable bonds is 2. The number of halogens is 1. The molecular formula is C14H17BClN3O2. The summed E-state index contributed by atoms with van der Waals surface area (Å²) < 4.78 is 13.9. The van der Waals surface area contributed by atoms with Gasteiger partial charge in [0, 0.05) is 24.1 Å². The zero-order valence-electron chi connectivity index (χ0n) is 12.5. The normalized spacial score (nSPS) is 20.0. The van der Waals surface area contributed by atoms with E-state index in [1.54, 1.807) is 18.7 Å². The van der Waals surface area contributed by atoms with Crippen molar-refractivity contribution in [3.05, 3.63) is 36.1 Å². The molecule has 21 heavy (non-hydrogen) atoms. The molecule has 1 aliphatic rings. The summed E-state index contributed by atoms with van der Waals surface area (Å²) in [7, 11) is -0.456. The Bertz CT molecular complexity index is 642. The molecule has 7 heteroatoms. The zero-order valence-corrected chi connectivity index (χ0v) is 13.3. The Labute approximate surface area is 129 Å². The number of pyridine rings is 1. The number of nitrogens with zero attached hydrogens (tertiary/aromatic N) is 3. The third kappa shape index (κ3) is 2.48. The molecule has 0 bridgehead atoms. The lowest BCUT2D eigenvalue weighted by Crippen LogP contribution is -2.41. The highest BCUT2D eigenvalue weighted by Gasteiger charge is 2.51. The molecule has 2 aromatic rings. The molecule has 0 saturated carbocycles. The molecule has 110 valence electrons. The largest absolute Gasteiger partial charge is 0.496 e. The topological polar surface area (TPSA) is 49.2 Å². The van der Waals surface area contributed by atoms with Gasteiger partial charge in [0.25, 0.3) is 0 Å². The molecule has 0 spiro atoms. The highest BCUT2D eigenvalue weighted by molar-refractivity contribution is 6.62. The van der Waals surface area contributed by atoms with Crippen molar-refractivity contribution in [1.82, 2.24) is 14.5 Å². The van der Waals surface area contributed by atoms with Crippen molar-refractivity contribution in [2.45, 2.75) is 38.9 Å². The van der Waals surface area contributed by atoms with E-state index in [-0.39, 0.29) is 11.2 Å². The molecule has 5 nitrogen and oxygen atoms in total.